The monoisotopic (exact) mass is 400 g/mol. The molecule has 2 fully saturated rings. The molecule has 0 radical (unpaired) electrons. The summed E-state index contributed by atoms with van der Waals surface area (Å²) in [5, 5.41) is 8.41. The number of piperazine rings is 1. The first-order chi connectivity index (χ1) is 13.5. The zero-order valence-corrected chi connectivity index (χ0v) is 17.0. The number of aliphatic imine (C=N–C) groups is 1. The summed E-state index contributed by atoms with van der Waals surface area (Å²) in [6.07, 6.45) is 5.88. The number of anilines is 1. The van der Waals surface area contributed by atoms with Crippen LogP contribution in [0.2, 0.25) is 5.02 Å². The lowest BCUT2D eigenvalue weighted by atomic mass is 9.96. The summed E-state index contributed by atoms with van der Waals surface area (Å²) in [6, 6.07) is 8.11. The number of guanidine groups is 1. The molecule has 8 heteroatoms. The first-order valence-corrected chi connectivity index (χ1v) is 9.89. The molecule has 1 aliphatic carbocycles. The predicted octanol–water partition coefficient (Wildman–Crippen LogP) is 2.03. The first kappa shape index (κ1) is 18.8. The van der Waals surface area contributed by atoms with Gasteiger partial charge in [-0.3, -0.25) is 14.5 Å². The van der Waals surface area contributed by atoms with Gasteiger partial charge in [0.15, 0.2) is 5.96 Å². The molecule has 1 aromatic carbocycles. The molecule has 1 aliphatic heterocycles. The van der Waals surface area contributed by atoms with Crippen molar-refractivity contribution in [2.45, 2.75) is 18.3 Å². The number of rotatable bonds is 4. The highest BCUT2D eigenvalue weighted by Gasteiger charge is 2.44. The fourth-order valence-electron chi connectivity index (χ4n) is 3.78. The van der Waals surface area contributed by atoms with Crippen molar-refractivity contribution in [2.24, 2.45) is 12.0 Å². The number of benzene rings is 1. The lowest BCUT2D eigenvalue weighted by Crippen LogP contribution is -2.56. The largest absolute Gasteiger partial charge is 0.355 e. The van der Waals surface area contributed by atoms with E-state index in [2.05, 4.69) is 27.5 Å². The third-order valence-corrected chi connectivity index (χ3v) is 5.88. The molecule has 2 aromatic rings. The molecule has 7 nitrogen and oxygen atoms in total. The number of hydrogen-bond donors (Lipinski definition) is 1. The van der Waals surface area contributed by atoms with Crippen molar-refractivity contribution in [1.82, 2.24) is 20.0 Å². The van der Waals surface area contributed by atoms with Crippen molar-refractivity contribution in [3.63, 3.8) is 0 Å². The Kier molecular flexibility index (Phi) is 5.02. The molecule has 0 atom stereocenters. The minimum Gasteiger partial charge on any atom is -0.355 e. The van der Waals surface area contributed by atoms with Crippen molar-refractivity contribution in [2.75, 3.05) is 38.1 Å². The molecule has 2 heterocycles. The summed E-state index contributed by atoms with van der Waals surface area (Å²) in [6.45, 7) is 2.46. The Morgan fingerprint density at radius 2 is 2.04 bits per heavy atom. The van der Waals surface area contributed by atoms with Gasteiger partial charge in [-0.25, -0.2) is 0 Å². The molecule has 1 amide bonds. The number of amides is 1. The fraction of sp³-hybridized carbons (Fsp3) is 0.450. The fourth-order valence-corrected chi connectivity index (χ4v) is 3.90. The van der Waals surface area contributed by atoms with E-state index in [1.165, 1.54) is 5.56 Å². The Hall–Kier alpha value is -2.54. The molecule has 1 saturated carbocycles. The number of halogens is 1. The van der Waals surface area contributed by atoms with Gasteiger partial charge >= 0.3 is 0 Å². The number of carbonyl (C=O) groups is 1. The Labute approximate surface area is 170 Å². The third kappa shape index (κ3) is 3.71. The van der Waals surface area contributed by atoms with E-state index in [4.69, 9.17) is 11.6 Å². The highest BCUT2D eigenvalue weighted by atomic mass is 35.5. The van der Waals surface area contributed by atoms with E-state index in [0.29, 0.717) is 13.1 Å². The number of aromatic nitrogens is 2. The van der Waals surface area contributed by atoms with Crippen molar-refractivity contribution in [3.05, 3.63) is 47.2 Å². The van der Waals surface area contributed by atoms with E-state index in [0.717, 1.165) is 42.6 Å². The average Bonchev–Trinajstić information content (AvgIpc) is 3.36. The van der Waals surface area contributed by atoms with E-state index in [-0.39, 0.29) is 11.3 Å². The molecular weight excluding hydrogens is 376 g/mol. The molecule has 0 unspecified atom stereocenters. The molecule has 1 aromatic heterocycles. The summed E-state index contributed by atoms with van der Waals surface area (Å²) in [4.78, 5) is 20.9. The molecular formula is C20H25ClN6O. The quantitative estimate of drug-likeness (QED) is 0.630. The van der Waals surface area contributed by atoms with Crippen LogP contribution in [0.1, 0.15) is 18.4 Å². The first-order valence-electron chi connectivity index (χ1n) is 9.51. The van der Waals surface area contributed by atoms with Crippen LogP contribution in [0.5, 0.6) is 0 Å². The smallest absolute Gasteiger partial charge is 0.246 e. The van der Waals surface area contributed by atoms with Crippen LogP contribution in [0.25, 0.3) is 0 Å². The van der Waals surface area contributed by atoms with E-state index < -0.39 is 0 Å². The Balaban J connectivity index is 1.37. The van der Waals surface area contributed by atoms with Gasteiger partial charge in [0.1, 0.15) is 6.54 Å². The molecule has 4 rings (SSSR count). The predicted molar refractivity (Wildman–Crippen MR) is 111 cm³/mol. The van der Waals surface area contributed by atoms with Crippen LogP contribution in [0.3, 0.4) is 0 Å². The van der Waals surface area contributed by atoms with Gasteiger partial charge < -0.3 is 15.1 Å². The van der Waals surface area contributed by atoms with Crippen molar-refractivity contribution in [3.8, 4) is 0 Å². The van der Waals surface area contributed by atoms with E-state index >= 15 is 0 Å². The molecule has 0 bridgehead atoms. The summed E-state index contributed by atoms with van der Waals surface area (Å²) >= 11 is 6.02. The van der Waals surface area contributed by atoms with Gasteiger partial charge in [-0.05, 0) is 30.5 Å². The van der Waals surface area contributed by atoms with Crippen LogP contribution >= 0.6 is 11.6 Å². The van der Waals surface area contributed by atoms with Crippen molar-refractivity contribution < 1.29 is 4.79 Å². The second kappa shape index (κ2) is 7.47. The number of nitrogens with one attached hydrogen (secondary N) is 1. The Bertz CT molecular complexity index is 886. The van der Waals surface area contributed by atoms with E-state index in [9.17, 15) is 4.79 Å². The number of aryl methyl sites for hydroxylation is 1. The van der Waals surface area contributed by atoms with Crippen molar-refractivity contribution in [1.29, 1.82) is 0 Å². The highest BCUT2D eigenvalue weighted by Crippen LogP contribution is 2.47. The summed E-state index contributed by atoms with van der Waals surface area (Å²) in [5.74, 6) is 0.834. The second-order valence-electron chi connectivity index (χ2n) is 7.53. The van der Waals surface area contributed by atoms with Crippen LogP contribution in [-0.2, 0) is 17.3 Å². The van der Waals surface area contributed by atoms with E-state index in [1.807, 2.05) is 30.3 Å². The average molecular weight is 401 g/mol. The molecule has 0 spiro atoms. The SMILES string of the molecule is CN=C(NCC1(c2ccc(Cl)cc2)CC1)N1CCN(c2cnn(C)c2)C(=O)C1. The van der Waals surface area contributed by atoms with E-state index in [1.54, 1.807) is 22.8 Å². The summed E-state index contributed by atoms with van der Waals surface area (Å²) in [7, 11) is 3.62. The normalized spacial score (nSPS) is 19.1. The zero-order chi connectivity index (χ0) is 19.7. The lowest BCUT2D eigenvalue weighted by molar-refractivity contribution is -0.120. The van der Waals surface area contributed by atoms with Crippen molar-refractivity contribution >= 4 is 29.2 Å². The minimum atomic E-state index is 0.0565. The van der Waals surface area contributed by atoms with Gasteiger partial charge in [-0.2, -0.15) is 5.10 Å². The standard InChI is InChI=1S/C20H25ClN6O/c1-22-19(23-14-20(7-8-20)15-3-5-16(21)6-4-15)26-9-10-27(18(28)13-26)17-11-24-25(2)12-17/h3-6,11-12H,7-10,13-14H2,1-2H3,(H,22,23). The highest BCUT2D eigenvalue weighted by molar-refractivity contribution is 6.30. The number of nitrogens with zero attached hydrogens (tertiary/aromatic N) is 5. The lowest BCUT2D eigenvalue weighted by Gasteiger charge is -2.35. The van der Waals surface area contributed by atoms with Gasteiger partial charge in [0.2, 0.25) is 5.91 Å². The van der Waals surface area contributed by atoms with Crippen LogP contribution in [0.4, 0.5) is 5.69 Å². The van der Waals surface area contributed by atoms with Gasteiger partial charge in [0.25, 0.3) is 0 Å². The zero-order valence-electron chi connectivity index (χ0n) is 16.2. The van der Waals surface area contributed by atoms with Gasteiger partial charge in [-0.1, -0.05) is 23.7 Å². The maximum Gasteiger partial charge on any atom is 0.246 e. The van der Waals surface area contributed by atoms with Crippen LogP contribution < -0.4 is 10.2 Å². The Morgan fingerprint density at radius 3 is 2.61 bits per heavy atom. The molecule has 148 valence electrons. The van der Waals surface area contributed by atoms with Gasteiger partial charge in [0.05, 0.1) is 11.9 Å². The maximum absolute atomic E-state index is 12.7. The molecule has 28 heavy (non-hydrogen) atoms. The minimum absolute atomic E-state index is 0.0565. The summed E-state index contributed by atoms with van der Waals surface area (Å²) in [5.41, 5.74) is 2.29. The molecule has 1 saturated heterocycles. The topological polar surface area (TPSA) is 65.8 Å². The second-order valence-corrected chi connectivity index (χ2v) is 7.96. The molecule has 2 aliphatic rings. The van der Waals surface area contributed by atoms with Gasteiger partial charge in [-0.15, -0.1) is 0 Å². The Morgan fingerprint density at radius 1 is 1.29 bits per heavy atom. The van der Waals surface area contributed by atoms with Crippen LogP contribution in [-0.4, -0.2) is 59.8 Å². The summed E-state index contributed by atoms with van der Waals surface area (Å²) < 4.78 is 1.71. The van der Waals surface area contributed by atoms with Crippen LogP contribution in [0, 0.1) is 0 Å². The van der Waals surface area contributed by atoms with Crippen LogP contribution in [0.15, 0.2) is 41.7 Å². The maximum atomic E-state index is 12.7. The number of carbonyl (C=O) groups excluding carboxylic acids is 1. The number of hydrogen-bond acceptors (Lipinski definition) is 3. The molecule has 1 N–H and O–H groups in total. The van der Waals surface area contributed by atoms with Gasteiger partial charge in [0, 0.05) is 50.4 Å². The third-order valence-electron chi connectivity index (χ3n) is 5.63.